The van der Waals surface area contributed by atoms with Crippen LogP contribution in [0.4, 0.5) is 5.69 Å². The van der Waals surface area contributed by atoms with E-state index in [2.05, 4.69) is 0 Å². The van der Waals surface area contributed by atoms with Crippen molar-refractivity contribution in [2.75, 3.05) is 0 Å². The van der Waals surface area contributed by atoms with E-state index in [9.17, 15) is 18.5 Å². The summed E-state index contributed by atoms with van der Waals surface area (Å²) in [5, 5.41) is 16.7. The number of nitro benzene ring substituents is 1. The lowest BCUT2D eigenvalue weighted by Gasteiger charge is -2.05. The number of hydrogen-bond acceptors (Lipinski definition) is 4. The lowest BCUT2D eigenvalue weighted by atomic mass is 10.1. The van der Waals surface area contributed by atoms with Gasteiger partial charge in [-0.05, 0) is 11.5 Å². The summed E-state index contributed by atoms with van der Waals surface area (Å²) >= 11 is 0. The lowest BCUT2D eigenvalue weighted by Crippen LogP contribution is -2.14. The number of primary sulfonamides is 1. The zero-order chi connectivity index (χ0) is 12.6. The second-order valence-corrected chi connectivity index (χ2v) is 4.94. The van der Waals surface area contributed by atoms with Crippen LogP contribution in [-0.2, 0) is 10.0 Å². The van der Waals surface area contributed by atoms with Gasteiger partial charge in [0, 0.05) is 11.5 Å². The molecule has 0 atom stereocenters. The molecule has 0 saturated heterocycles. The number of hydrogen-bond donors (Lipinski definition) is 1. The van der Waals surface area contributed by atoms with Crippen LogP contribution >= 0.6 is 0 Å². The number of sulfonamides is 1. The number of fused-ring (bicyclic) bond motifs is 1. The summed E-state index contributed by atoms with van der Waals surface area (Å²) in [5.41, 5.74) is -0.508. The highest BCUT2D eigenvalue weighted by Gasteiger charge is 2.25. The molecule has 2 aromatic rings. The SMILES string of the molecule is NS(=O)(=O)c1c([N+](=O)[O-])ccc2ccccc12. The Hall–Kier alpha value is -1.99. The molecule has 6 nitrogen and oxygen atoms in total. The lowest BCUT2D eigenvalue weighted by molar-refractivity contribution is -0.387. The topological polar surface area (TPSA) is 103 Å². The van der Waals surface area contributed by atoms with Crippen LogP contribution < -0.4 is 5.14 Å². The van der Waals surface area contributed by atoms with Crippen LogP contribution in [0.15, 0.2) is 41.3 Å². The molecule has 0 fully saturated rings. The van der Waals surface area contributed by atoms with Gasteiger partial charge in [-0.1, -0.05) is 24.3 Å². The zero-order valence-corrected chi connectivity index (χ0v) is 9.35. The smallest absolute Gasteiger partial charge is 0.258 e. The average Bonchev–Trinajstić information content (AvgIpc) is 2.26. The van der Waals surface area contributed by atoms with Crippen molar-refractivity contribution >= 4 is 26.5 Å². The summed E-state index contributed by atoms with van der Waals surface area (Å²) in [6, 6.07) is 9.09. The summed E-state index contributed by atoms with van der Waals surface area (Å²) < 4.78 is 22.9. The fourth-order valence-electron chi connectivity index (χ4n) is 1.67. The Bertz CT molecular complexity index is 709. The maximum atomic E-state index is 11.4. The molecule has 2 N–H and O–H groups in total. The normalized spacial score (nSPS) is 11.6. The van der Waals surface area contributed by atoms with Crippen molar-refractivity contribution < 1.29 is 13.3 Å². The van der Waals surface area contributed by atoms with Crippen LogP contribution in [0, 0.1) is 10.1 Å². The molecule has 0 radical (unpaired) electrons. The van der Waals surface area contributed by atoms with Crippen molar-refractivity contribution in [2.24, 2.45) is 5.14 Å². The second-order valence-electron chi connectivity index (χ2n) is 3.44. The molecule has 0 aliphatic carbocycles. The van der Waals surface area contributed by atoms with Gasteiger partial charge in [0.15, 0.2) is 4.90 Å². The molecule has 0 aliphatic heterocycles. The number of rotatable bonds is 2. The Labute approximate surface area is 96.9 Å². The molecule has 2 aromatic carbocycles. The molecular weight excluding hydrogens is 244 g/mol. The van der Waals surface area contributed by atoms with Crippen LogP contribution in [-0.4, -0.2) is 13.3 Å². The van der Waals surface area contributed by atoms with E-state index >= 15 is 0 Å². The van der Waals surface area contributed by atoms with Gasteiger partial charge in [-0.2, -0.15) is 0 Å². The molecule has 0 amide bonds. The molecule has 88 valence electrons. The van der Waals surface area contributed by atoms with Gasteiger partial charge in [-0.25, -0.2) is 13.6 Å². The quantitative estimate of drug-likeness (QED) is 0.644. The molecule has 0 aromatic heterocycles. The van der Waals surface area contributed by atoms with Crippen molar-refractivity contribution in [3.63, 3.8) is 0 Å². The fourth-order valence-corrected chi connectivity index (χ4v) is 2.60. The Kier molecular flexibility index (Phi) is 2.56. The molecule has 0 heterocycles. The highest BCUT2D eigenvalue weighted by molar-refractivity contribution is 7.89. The predicted octanol–water partition coefficient (Wildman–Crippen LogP) is 1.40. The largest absolute Gasteiger partial charge is 0.290 e. The van der Waals surface area contributed by atoms with Crippen LogP contribution in [0.25, 0.3) is 10.8 Å². The van der Waals surface area contributed by atoms with Crippen LogP contribution in [0.1, 0.15) is 0 Å². The molecule has 0 spiro atoms. The van der Waals surface area contributed by atoms with E-state index in [0.717, 1.165) is 6.07 Å². The summed E-state index contributed by atoms with van der Waals surface area (Å²) in [6.07, 6.45) is 0. The minimum absolute atomic E-state index is 0.254. The second kappa shape index (κ2) is 3.79. The number of nitro groups is 1. The Morgan fingerprint density at radius 3 is 2.35 bits per heavy atom. The van der Waals surface area contributed by atoms with Crippen molar-refractivity contribution in [3.05, 3.63) is 46.5 Å². The third-order valence-electron chi connectivity index (χ3n) is 2.34. The molecule has 7 heteroatoms. The minimum Gasteiger partial charge on any atom is -0.258 e. The Balaban J connectivity index is 3.00. The van der Waals surface area contributed by atoms with Gasteiger partial charge in [-0.15, -0.1) is 0 Å². The molecule has 0 aliphatic rings. The summed E-state index contributed by atoms with van der Waals surface area (Å²) in [4.78, 5) is 9.60. The van der Waals surface area contributed by atoms with E-state index in [4.69, 9.17) is 5.14 Å². The van der Waals surface area contributed by atoms with Crippen molar-refractivity contribution in [2.45, 2.75) is 4.90 Å². The van der Waals surface area contributed by atoms with E-state index in [-0.39, 0.29) is 5.39 Å². The maximum absolute atomic E-state index is 11.4. The number of benzene rings is 2. The van der Waals surface area contributed by atoms with Crippen LogP contribution in [0.2, 0.25) is 0 Å². The summed E-state index contributed by atoms with van der Waals surface area (Å²) in [7, 11) is -4.15. The van der Waals surface area contributed by atoms with Crippen molar-refractivity contribution in [1.82, 2.24) is 0 Å². The van der Waals surface area contributed by atoms with E-state index in [1.807, 2.05) is 0 Å². The third kappa shape index (κ3) is 1.97. The number of nitrogens with zero attached hydrogens (tertiary/aromatic N) is 1. The predicted molar refractivity (Wildman–Crippen MR) is 62.0 cm³/mol. The zero-order valence-electron chi connectivity index (χ0n) is 8.53. The highest BCUT2D eigenvalue weighted by Crippen LogP contribution is 2.30. The Morgan fingerprint density at radius 1 is 1.12 bits per heavy atom. The fraction of sp³-hybridized carbons (Fsp3) is 0. The van der Waals surface area contributed by atoms with Gasteiger partial charge in [0.2, 0.25) is 10.0 Å². The van der Waals surface area contributed by atoms with Gasteiger partial charge in [0.05, 0.1) is 4.92 Å². The van der Waals surface area contributed by atoms with Gasteiger partial charge in [0.1, 0.15) is 0 Å². The van der Waals surface area contributed by atoms with E-state index in [1.54, 1.807) is 18.2 Å². The van der Waals surface area contributed by atoms with Gasteiger partial charge >= 0.3 is 0 Å². The first-order valence-corrected chi connectivity index (χ1v) is 6.15. The highest BCUT2D eigenvalue weighted by atomic mass is 32.2. The first kappa shape index (κ1) is 11.5. The molecule has 17 heavy (non-hydrogen) atoms. The third-order valence-corrected chi connectivity index (χ3v) is 3.34. The van der Waals surface area contributed by atoms with Gasteiger partial charge < -0.3 is 0 Å². The number of nitrogens with two attached hydrogens (primary N) is 1. The van der Waals surface area contributed by atoms with Gasteiger partial charge in [0.25, 0.3) is 5.69 Å². The maximum Gasteiger partial charge on any atom is 0.290 e. The van der Waals surface area contributed by atoms with E-state index in [1.165, 1.54) is 12.1 Å². The molecule has 0 saturated carbocycles. The standard InChI is InChI=1S/C10H8N2O4S/c11-17(15,16)10-8-4-2-1-3-7(8)5-6-9(10)12(13)14/h1-6H,(H2,11,15,16). The molecule has 0 unspecified atom stereocenters. The van der Waals surface area contributed by atoms with Crippen molar-refractivity contribution in [3.8, 4) is 0 Å². The van der Waals surface area contributed by atoms with Gasteiger partial charge in [-0.3, -0.25) is 10.1 Å². The Morgan fingerprint density at radius 2 is 1.76 bits per heavy atom. The van der Waals surface area contributed by atoms with Crippen molar-refractivity contribution in [1.29, 1.82) is 0 Å². The summed E-state index contributed by atoms with van der Waals surface area (Å²) in [6.45, 7) is 0. The van der Waals surface area contributed by atoms with E-state index in [0.29, 0.717) is 5.39 Å². The van der Waals surface area contributed by atoms with Crippen LogP contribution in [0.3, 0.4) is 0 Å². The summed E-state index contributed by atoms with van der Waals surface area (Å²) in [5.74, 6) is 0. The molecular formula is C10H8N2O4S. The van der Waals surface area contributed by atoms with E-state index < -0.39 is 25.5 Å². The molecule has 2 rings (SSSR count). The first-order valence-electron chi connectivity index (χ1n) is 4.60. The average molecular weight is 252 g/mol. The van der Waals surface area contributed by atoms with Crippen LogP contribution in [0.5, 0.6) is 0 Å². The minimum atomic E-state index is -4.15. The molecule has 0 bridgehead atoms. The first-order chi connectivity index (χ1) is 7.91. The monoisotopic (exact) mass is 252 g/mol.